The Morgan fingerprint density at radius 1 is 0.828 bits per heavy atom. The van der Waals surface area contributed by atoms with Gasteiger partial charge in [0.1, 0.15) is 5.75 Å². The molecule has 6 nitrogen and oxygen atoms in total. The van der Waals surface area contributed by atoms with E-state index in [4.69, 9.17) is 4.74 Å². The van der Waals surface area contributed by atoms with Crippen LogP contribution in [0, 0.1) is 6.92 Å². The Balaban J connectivity index is 1.61. The highest BCUT2D eigenvalue weighted by molar-refractivity contribution is 6.08. The van der Waals surface area contributed by atoms with Crippen LogP contribution in [0.1, 0.15) is 15.9 Å². The molecule has 0 aliphatic heterocycles. The van der Waals surface area contributed by atoms with E-state index in [0.717, 1.165) is 11.3 Å². The molecule has 3 aromatic carbocycles. The van der Waals surface area contributed by atoms with Crippen molar-refractivity contribution in [2.24, 2.45) is 0 Å². The Morgan fingerprint density at radius 2 is 1.45 bits per heavy atom. The standard InChI is InChI=1S/C23H23N3O3/c1-16-7-9-18(10-8-16)26-23(28)20-5-3-4-6-21(20)24-15-22(27)25-17-11-13-19(29-2)14-12-17/h3-14,24H,15H2,1-2H3,(H,25,27)(H,26,28). The normalized spacial score (nSPS) is 10.1. The molecule has 0 aliphatic rings. The van der Waals surface area contributed by atoms with Gasteiger partial charge in [-0.05, 0) is 55.5 Å². The van der Waals surface area contributed by atoms with Gasteiger partial charge >= 0.3 is 0 Å². The Kier molecular flexibility index (Phi) is 6.47. The number of carbonyl (C=O) groups is 2. The predicted molar refractivity (Wildman–Crippen MR) is 116 cm³/mol. The van der Waals surface area contributed by atoms with Gasteiger partial charge in [0.2, 0.25) is 5.91 Å². The zero-order valence-corrected chi connectivity index (χ0v) is 16.4. The van der Waals surface area contributed by atoms with Gasteiger partial charge in [0.15, 0.2) is 0 Å². The molecule has 0 aromatic heterocycles. The first kappa shape index (κ1) is 19.9. The fourth-order valence-corrected chi connectivity index (χ4v) is 2.73. The maximum absolute atomic E-state index is 12.7. The molecule has 0 spiro atoms. The van der Waals surface area contributed by atoms with Crippen LogP contribution in [0.3, 0.4) is 0 Å². The molecule has 0 unspecified atom stereocenters. The minimum atomic E-state index is -0.243. The van der Waals surface area contributed by atoms with Crippen LogP contribution >= 0.6 is 0 Å². The van der Waals surface area contributed by atoms with Crippen LogP contribution in [0.2, 0.25) is 0 Å². The third kappa shape index (κ3) is 5.59. The SMILES string of the molecule is COc1ccc(NC(=O)CNc2ccccc2C(=O)Nc2ccc(C)cc2)cc1. The van der Waals surface area contributed by atoms with E-state index in [1.54, 1.807) is 49.6 Å². The smallest absolute Gasteiger partial charge is 0.257 e. The highest BCUT2D eigenvalue weighted by atomic mass is 16.5. The van der Waals surface area contributed by atoms with Crippen molar-refractivity contribution < 1.29 is 14.3 Å². The van der Waals surface area contributed by atoms with Gasteiger partial charge in [0.25, 0.3) is 5.91 Å². The number of hydrogen-bond acceptors (Lipinski definition) is 4. The summed E-state index contributed by atoms with van der Waals surface area (Å²) in [6.07, 6.45) is 0. The lowest BCUT2D eigenvalue weighted by atomic mass is 10.1. The van der Waals surface area contributed by atoms with Crippen molar-refractivity contribution in [1.29, 1.82) is 0 Å². The molecular formula is C23H23N3O3. The highest BCUT2D eigenvalue weighted by Gasteiger charge is 2.12. The van der Waals surface area contributed by atoms with E-state index in [1.165, 1.54) is 0 Å². The van der Waals surface area contributed by atoms with Gasteiger partial charge in [-0.1, -0.05) is 29.8 Å². The molecule has 0 aliphatic carbocycles. The zero-order valence-electron chi connectivity index (χ0n) is 16.4. The van der Waals surface area contributed by atoms with Crippen molar-refractivity contribution in [3.8, 4) is 5.75 Å². The number of nitrogens with one attached hydrogen (secondary N) is 3. The van der Waals surface area contributed by atoms with E-state index in [2.05, 4.69) is 16.0 Å². The predicted octanol–water partition coefficient (Wildman–Crippen LogP) is 4.31. The van der Waals surface area contributed by atoms with Gasteiger partial charge < -0.3 is 20.7 Å². The number of hydrogen-bond donors (Lipinski definition) is 3. The van der Waals surface area contributed by atoms with Crippen molar-refractivity contribution in [3.05, 3.63) is 83.9 Å². The average molecular weight is 389 g/mol. The number of anilines is 3. The first-order chi connectivity index (χ1) is 14.0. The van der Waals surface area contributed by atoms with E-state index in [9.17, 15) is 9.59 Å². The first-order valence-corrected chi connectivity index (χ1v) is 9.20. The summed E-state index contributed by atoms with van der Waals surface area (Å²) in [6.45, 7) is 2.02. The fourth-order valence-electron chi connectivity index (χ4n) is 2.73. The second-order valence-corrected chi connectivity index (χ2v) is 6.50. The van der Waals surface area contributed by atoms with Crippen molar-refractivity contribution >= 4 is 28.9 Å². The highest BCUT2D eigenvalue weighted by Crippen LogP contribution is 2.18. The maximum atomic E-state index is 12.7. The van der Waals surface area contributed by atoms with Crippen molar-refractivity contribution in [1.82, 2.24) is 0 Å². The molecule has 3 rings (SSSR count). The summed E-state index contributed by atoms with van der Waals surface area (Å²) in [4.78, 5) is 24.9. The van der Waals surface area contributed by atoms with E-state index >= 15 is 0 Å². The van der Waals surface area contributed by atoms with E-state index in [-0.39, 0.29) is 18.4 Å². The lowest BCUT2D eigenvalue weighted by Crippen LogP contribution is -2.23. The minimum absolute atomic E-state index is 0.0286. The number of carbonyl (C=O) groups excluding carboxylic acids is 2. The monoisotopic (exact) mass is 389 g/mol. The molecule has 0 radical (unpaired) electrons. The van der Waals surface area contributed by atoms with Gasteiger partial charge in [-0.25, -0.2) is 0 Å². The topological polar surface area (TPSA) is 79.5 Å². The lowest BCUT2D eigenvalue weighted by Gasteiger charge is -2.13. The van der Waals surface area contributed by atoms with Crippen molar-refractivity contribution in [3.63, 3.8) is 0 Å². The molecule has 0 fully saturated rings. The number of rotatable bonds is 7. The molecule has 0 saturated heterocycles. The van der Waals surface area contributed by atoms with Gasteiger partial charge in [0, 0.05) is 17.1 Å². The molecular weight excluding hydrogens is 366 g/mol. The molecule has 6 heteroatoms. The van der Waals surface area contributed by atoms with Crippen molar-refractivity contribution in [2.45, 2.75) is 6.92 Å². The molecule has 3 N–H and O–H groups in total. The number of benzene rings is 3. The molecule has 0 saturated carbocycles. The summed E-state index contributed by atoms with van der Waals surface area (Å²) >= 11 is 0. The molecule has 0 bridgehead atoms. The quantitative estimate of drug-likeness (QED) is 0.563. The van der Waals surface area contributed by atoms with Crippen LogP contribution in [0.25, 0.3) is 0 Å². The van der Waals surface area contributed by atoms with Crippen LogP contribution in [0.4, 0.5) is 17.1 Å². The Hall–Kier alpha value is -3.80. The Morgan fingerprint density at radius 3 is 2.14 bits per heavy atom. The molecule has 2 amide bonds. The second-order valence-electron chi connectivity index (χ2n) is 6.50. The van der Waals surface area contributed by atoms with Gasteiger partial charge in [-0.2, -0.15) is 0 Å². The third-order valence-corrected chi connectivity index (χ3v) is 4.29. The van der Waals surface area contributed by atoms with E-state index in [1.807, 2.05) is 37.3 Å². The number of methoxy groups -OCH3 is 1. The van der Waals surface area contributed by atoms with Gasteiger partial charge in [-0.3, -0.25) is 9.59 Å². The summed E-state index contributed by atoms with van der Waals surface area (Å²) in [5.41, 5.74) is 3.55. The molecule has 0 atom stereocenters. The van der Waals surface area contributed by atoms with Gasteiger partial charge in [-0.15, -0.1) is 0 Å². The van der Waals surface area contributed by atoms with Crippen LogP contribution in [0.5, 0.6) is 5.75 Å². The van der Waals surface area contributed by atoms with Crippen molar-refractivity contribution in [2.75, 3.05) is 29.6 Å². The maximum Gasteiger partial charge on any atom is 0.257 e. The summed E-state index contributed by atoms with van der Waals surface area (Å²) in [7, 11) is 1.59. The molecule has 0 heterocycles. The largest absolute Gasteiger partial charge is 0.497 e. The van der Waals surface area contributed by atoms with E-state index < -0.39 is 0 Å². The van der Waals surface area contributed by atoms with Crippen LogP contribution in [0.15, 0.2) is 72.8 Å². The molecule has 29 heavy (non-hydrogen) atoms. The van der Waals surface area contributed by atoms with Crippen LogP contribution in [-0.4, -0.2) is 25.5 Å². The average Bonchev–Trinajstić information content (AvgIpc) is 2.74. The van der Waals surface area contributed by atoms with Gasteiger partial charge in [0.05, 0.1) is 19.2 Å². The van der Waals surface area contributed by atoms with E-state index in [0.29, 0.717) is 22.6 Å². The molecule has 148 valence electrons. The van der Waals surface area contributed by atoms with Crippen LogP contribution in [-0.2, 0) is 4.79 Å². The second kappa shape index (κ2) is 9.41. The fraction of sp³-hybridized carbons (Fsp3) is 0.130. The Bertz CT molecular complexity index is 983. The zero-order chi connectivity index (χ0) is 20.6. The summed E-state index contributed by atoms with van der Waals surface area (Å²) < 4.78 is 5.10. The summed E-state index contributed by atoms with van der Waals surface area (Å²) in [6, 6.07) is 21.7. The number of ether oxygens (including phenoxy) is 1. The lowest BCUT2D eigenvalue weighted by molar-refractivity contribution is -0.114. The minimum Gasteiger partial charge on any atom is -0.497 e. The number of aryl methyl sites for hydroxylation is 1. The number of amides is 2. The van der Waals surface area contributed by atoms with Crippen LogP contribution < -0.4 is 20.7 Å². The molecule has 3 aromatic rings. The summed E-state index contributed by atoms with van der Waals surface area (Å²) in [5, 5.41) is 8.71. The Labute approximate surface area is 169 Å². The number of para-hydroxylation sites is 1. The first-order valence-electron chi connectivity index (χ1n) is 9.20. The third-order valence-electron chi connectivity index (χ3n) is 4.29. The summed E-state index contributed by atoms with van der Waals surface area (Å²) in [5.74, 6) is 0.256.